The van der Waals surface area contributed by atoms with Crippen LogP contribution in [0.25, 0.3) is 11.2 Å². The van der Waals surface area contributed by atoms with E-state index in [-0.39, 0.29) is 17.1 Å². The summed E-state index contributed by atoms with van der Waals surface area (Å²) in [7, 11) is 0. The summed E-state index contributed by atoms with van der Waals surface area (Å²) >= 11 is 0. The van der Waals surface area contributed by atoms with Crippen LogP contribution in [-0.2, 0) is 4.74 Å². The number of aliphatic hydroxyl groups excluding tert-OH is 1. The second-order valence-corrected chi connectivity index (χ2v) is 9.57. The molecular weight excluding hydrogens is 430 g/mol. The van der Waals surface area contributed by atoms with Crippen LogP contribution in [0.15, 0.2) is 11.1 Å². The van der Waals surface area contributed by atoms with Gasteiger partial charge in [-0.15, -0.1) is 0 Å². The first kappa shape index (κ1) is 28.3. The molecule has 194 valence electrons. The van der Waals surface area contributed by atoms with Gasteiger partial charge in [-0.25, -0.2) is 4.98 Å². The normalized spacial score (nSPS) is 13.5. The largest absolute Gasteiger partial charge is 0.374 e. The molecule has 0 aliphatic carbocycles. The third-order valence-corrected chi connectivity index (χ3v) is 6.53. The highest BCUT2D eigenvalue weighted by Gasteiger charge is 2.21. The molecule has 2 aromatic rings. The molecule has 2 atom stereocenters. The first-order valence-electron chi connectivity index (χ1n) is 13.6. The summed E-state index contributed by atoms with van der Waals surface area (Å²) in [6.07, 6.45) is 21.3. The number of nitrogens with one attached hydrogen (secondary N) is 1. The molecule has 0 aromatic carbocycles. The number of nitrogen functional groups attached to an aromatic ring is 1. The Hall–Kier alpha value is -1.93. The van der Waals surface area contributed by atoms with Crippen molar-refractivity contribution in [3.63, 3.8) is 0 Å². The lowest BCUT2D eigenvalue weighted by Crippen LogP contribution is -2.25. The molecule has 0 spiro atoms. The van der Waals surface area contributed by atoms with Crippen molar-refractivity contribution < 1.29 is 9.84 Å². The van der Waals surface area contributed by atoms with Gasteiger partial charge < -0.3 is 15.6 Å². The number of hydrogen-bond acceptors (Lipinski definition) is 6. The summed E-state index contributed by atoms with van der Waals surface area (Å²) in [5.74, 6) is -0.00631. The Kier molecular flexibility index (Phi) is 13.9. The first-order valence-corrected chi connectivity index (χ1v) is 13.6. The molecule has 8 heteroatoms. The average molecular weight is 478 g/mol. The van der Waals surface area contributed by atoms with Crippen LogP contribution in [0.4, 0.5) is 5.95 Å². The van der Waals surface area contributed by atoms with Gasteiger partial charge in [0.05, 0.1) is 12.4 Å². The summed E-state index contributed by atoms with van der Waals surface area (Å²) in [5.41, 5.74) is 5.60. The number of fused-ring (bicyclic) bond motifs is 1. The van der Waals surface area contributed by atoms with Crippen LogP contribution in [0.5, 0.6) is 0 Å². The smallest absolute Gasteiger partial charge is 0.280 e. The van der Waals surface area contributed by atoms with Gasteiger partial charge in [-0.2, -0.15) is 4.98 Å². The van der Waals surface area contributed by atoms with Crippen molar-refractivity contribution in [2.45, 2.75) is 129 Å². The van der Waals surface area contributed by atoms with Gasteiger partial charge in [-0.05, 0) is 13.3 Å². The molecule has 2 rings (SSSR count). The minimum atomic E-state index is -0.986. The predicted molar refractivity (Wildman–Crippen MR) is 139 cm³/mol. The van der Waals surface area contributed by atoms with Crippen molar-refractivity contribution in [2.24, 2.45) is 0 Å². The molecule has 2 heterocycles. The van der Waals surface area contributed by atoms with Crippen LogP contribution in [0.3, 0.4) is 0 Å². The molecule has 0 amide bonds. The molecular formula is C26H47N5O3. The number of ether oxygens (including phenoxy) is 1. The van der Waals surface area contributed by atoms with Crippen molar-refractivity contribution in [1.29, 1.82) is 0 Å². The highest BCUT2D eigenvalue weighted by atomic mass is 16.5. The number of nitrogens with two attached hydrogens (primary N) is 1. The molecule has 8 nitrogen and oxygen atoms in total. The summed E-state index contributed by atoms with van der Waals surface area (Å²) in [6, 6.07) is 0. The van der Waals surface area contributed by atoms with E-state index in [1.165, 1.54) is 101 Å². The molecule has 0 fully saturated rings. The third-order valence-electron chi connectivity index (χ3n) is 6.53. The topological polar surface area (TPSA) is 119 Å². The summed E-state index contributed by atoms with van der Waals surface area (Å²) in [6.45, 7) is 4.68. The molecule has 2 aromatic heterocycles. The molecule has 34 heavy (non-hydrogen) atoms. The molecule has 0 saturated heterocycles. The molecule has 0 aliphatic heterocycles. The fourth-order valence-corrected chi connectivity index (χ4v) is 4.37. The number of aromatic amines is 1. The van der Waals surface area contributed by atoms with E-state index in [0.717, 1.165) is 12.8 Å². The van der Waals surface area contributed by atoms with Crippen LogP contribution in [0.1, 0.15) is 123 Å². The molecule has 0 saturated carbocycles. The lowest BCUT2D eigenvalue weighted by atomic mass is 10.0. The van der Waals surface area contributed by atoms with Crippen molar-refractivity contribution in [1.82, 2.24) is 19.5 Å². The SMILES string of the molecule is CCCCCCCCCCCCCCCCCCOC(C)C(O)n1cnc2c(=O)[nH]c(N)nc21. The minimum Gasteiger partial charge on any atom is -0.374 e. The number of nitrogens with zero attached hydrogens (tertiary/aromatic N) is 3. The van der Waals surface area contributed by atoms with Crippen molar-refractivity contribution in [3.8, 4) is 0 Å². The van der Waals surface area contributed by atoms with Gasteiger partial charge in [0.2, 0.25) is 5.95 Å². The van der Waals surface area contributed by atoms with Crippen LogP contribution in [0, 0.1) is 0 Å². The molecule has 0 radical (unpaired) electrons. The number of H-pyrrole nitrogens is 1. The maximum atomic E-state index is 11.9. The van der Waals surface area contributed by atoms with Gasteiger partial charge in [0.25, 0.3) is 5.56 Å². The van der Waals surface area contributed by atoms with Crippen molar-refractivity contribution in [2.75, 3.05) is 12.3 Å². The second kappa shape index (κ2) is 16.7. The monoisotopic (exact) mass is 477 g/mol. The third kappa shape index (κ3) is 10.1. The number of unbranched alkanes of at least 4 members (excludes halogenated alkanes) is 15. The lowest BCUT2D eigenvalue weighted by Gasteiger charge is -2.20. The number of aromatic nitrogens is 4. The van der Waals surface area contributed by atoms with Crippen molar-refractivity contribution in [3.05, 3.63) is 16.7 Å². The molecule has 0 bridgehead atoms. The van der Waals surface area contributed by atoms with Crippen molar-refractivity contribution >= 4 is 17.1 Å². The summed E-state index contributed by atoms with van der Waals surface area (Å²) in [4.78, 5) is 22.4. The average Bonchev–Trinajstić information content (AvgIpc) is 3.24. The van der Waals surface area contributed by atoms with Gasteiger partial charge in [0.1, 0.15) is 0 Å². The Morgan fingerprint density at radius 2 is 1.44 bits per heavy atom. The maximum absolute atomic E-state index is 11.9. The van der Waals surface area contributed by atoms with Gasteiger partial charge in [0.15, 0.2) is 17.4 Å². The molecule has 4 N–H and O–H groups in total. The summed E-state index contributed by atoms with van der Waals surface area (Å²) < 4.78 is 7.24. The Labute approximate surface area is 204 Å². The van der Waals surface area contributed by atoms with E-state index >= 15 is 0 Å². The zero-order valence-corrected chi connectivity index (χ0v) is 21.4. The Morgan fingerprint density at radius 3 is 1.97 bits per heavy atom. The highest BCUT2D eigenvalue weighted by Crippen LogP contribution is 2.18. The fraction of sp³-hybridized carbons (Fsp3) is 0.808. The second-order valence-electron chi connectivity index (χ2n) is 9.57. The predicted octanol–water partition coefficient (Wildman–Crippen LogP) is 5.86. The Bertz CT molecular complexity index is 851. The first-order chi connectivity index (χ1) is 16.5. The van der Waals surface area contributed by atoms with Crippen LogP contribution < -0.4 is 11.3 Å². The van der Waals surface area contributed by atoms with Crippen LogP contribution in [0.2, 0.25) is 0 Å². The van der Waals surface area contributed by atoms with Gasteiger partial charge in [-0.3, -0.25) is 14.3 Å². The number of imidazole rings is 1. The lowest BCUT2D eigenvalue weighted by molar-refractivity contribution is -0.0618. The van der Waals surface area contributed by atoms with E-state index in [1.807, 2.05) is 0 Å². The number of rotatable bonds is 20. The zero-order chi connectivity index (χ0) is 24.6. The summed E-state index contributed by atoms with van der Waals surface area (Å²) in [5, 5.41) is 10.6. The van der Waals surface area contributed by atoms with E-state index in [0.29, 0.717) is 6.61 Å². The standard InChI is InChI=1S/C26H47N5O3/c1-3-4-5-6-7-8-9-10-11-12-13-14-15-16-17-18-19-34-21(2)25(33)31-20-28-22-23(31)29-26(27)30-24(22)32/h20-21,25,33H,3-19H2,1-2H3,(H3,27,29,30,32). The highest BCUT2D eigenvalue weighted by molar-refractivity contribution is 5.70. The van der Waals surface area contributed by atoms with E-state index in [9.17, 15) is 9.90 Å². The van der Waals surface area contributed by atoms with Crippen LogP contribution in [-0.4, -0.2) is 37.3 Å². The van der Waals surface area contributed by atoms with E-state index in [4.69, 9.17) is 10.5 Å². The van der Waals surface area contributed by atoms with Gasteiger partial charge in [-0.1, -0.05) is 103 Å². The number of hydrogen-bond donors (Lipinski definition) is 3. The van der Waals surface area contributed by atoms with Crippen LogP contribution >= 0.6 is 0 Å². The van der Waals surface area contributed by atoms with Gasteiger partial charge >= 0.3 is 0 Å². The minimum absolute atomic E-state index is 0.00631. The molecule has 0 aliphatic rings. The fourth-order valence-electron chi connectivity index (χ4n) is 4.37. The Balaban J connectivity index is 1.45. The quantitative estimate of drug-likeness (QED) is 0.206. The van der Waals surface area contributed by atoms with E-state index < -0.39 is 17.9 Å². The molecule has 2 unspecified atom stereocenters. The van der Waals surface area contributed by atoms with Gasteiger partial charge in [0, 0.05) is 6.61 Å². The number of anilines is 1. The van der Waals surface area contributed by atoms with E-state index in [2.05, 4.69) is 21.9 Å². The number of aliphatic hydroxyl groups is 1. The maximum Gasteiger partial charge on any atom is 0.280 e. The van der Waals surface area contributed by atoms with E-state index in [1.54, 1.807) is 6.92 Å². The Morgan fingerprint density at radius 1 is 0.941 bits per heavy atom. The zero-order valence-electron chi connectivity index (χ0n) is 21.4.